The summed E-state index contributed by atoms with van der Waals surface area (Å²) < 4.78 is 63.8. The van der Waals surface area contributed by atoms with Gasteiger partial charge in [-0.15, -0.1) is 23.5 Å². The van der Waals surface area contributed by atoms with Crippen LogP contribution in [0, 0.1) is 16.7 Å². The lowest BCUT2D eigenvalue weighted by molar-refractivity contribution is -0.178. The van der Waals surface area contributed by atoms with Gasteiger partial charge in [-0.1, -0.05) is 27.7 Å². The molecule has 0 aromatic heterocycles. The molecule has 30 heavy (non-hydrogen) atoms. The highest BCUT2D eigenvalue weighted by Crippen LogP contribution is 2.79. The van der Waals surface area contributed by atoms with Gasteiger partial charge in [0.25, 0.3) is 0 Å². The van der Waals surface area contributed by atoms with E-state index < -0.39 is 40.4 Å². The van der Waals surface area contributed by atoms with Gasteiger partial charge >= 0.3 is 23.8 Å². The number of carbonyl (C=O) groups excluding carboxylic acids is 2. The molecule has 1 saturated heterocycles. The summed E-state index contributed by atoms with van der Waals surface area (Å²) in [5, 5.41) is -0.290. The van der Waals surface area contributed by atoms with E-state index in [-0.39, 0.29) is 28.6 Å². The smallest absolute Gasteiger partial charge is 0.377 e. The minimum atomic E-state index is -3.59. The molecule has 0 aromatic rings. The molecule has 0 radical (unpaired) electrons. The van der Waals surface area contributed by atoms with Crippen LogP contribution in [0.2, 0.25) is 0 Å². The van der Waals surface area contributed by atoms with Crippen molar-refractivity contribution in [3.63, 3.8) is 0 Å². The highest BCUT2D eigenvalue weighted by Gasteiger charge is 2.77. The van der Waals surface area contributed by atoms with Crippen LogP contribution in [-0.2, 0) is 19.1 Å². The molecule has 1 spiro atoms. The molecular weight excluding hydrogens is 444 g/mol. The van der Waals surface area contributed by atoms with Crippen LogP contribution in [0.25, 0.3) is 0 Å². The van der Waals surface area contributed by atoms with E-state index in [1.165, 1.54) is 30.4 Å². The number of carbonyl (C=O) groups is 2. The van der Waals surface area contributed by atoms with Crippen LogP contribution in [-0.4, -0.2) is 51.6 Å². The molecule has 3 rings (SSSR count). The molecule has 3 fully saturated rings. The lowest BCUT2D eigenvalue weighted by Crippen LogP contribution is -2.50. The summed E-state index contributed by atoms with van der Waals surface area (Å²) >= 11 is 2.94. The molecular formula is C20H28F4O4S2. The largest absolute Gasteiger partial charge is 0.460 e. The monoisotopic (exact) mass is 472 g/mol. The van der Waals surface area contributed by atoms with Gasteiger partial charge in [-0.25, -0.2) is 9.59 Å². The van der Waals surface area contributed by atoms with Crippen molar-refractivity contribution in [2.24, 2.45) is 16.7 Å². The van der Waals surface area contributed by atoms with Crippen LogP contribution >= 0.6 is 23.5 Å². The Morgan fingerprint density at radius 1 is 1.13 bits per heavy atom. The number of ether oxygens (including phenoxy) is 2. The van der Waals surface area contributed by atoms with Gasteiger partial charge in [-0.3, -0.25) is 0 Å². The van der Waals surface area contributed by atoms with E-state index in [2.05, 4.69) is 20.8 Å². The summed E-state index contributed by atoms with van der Waals surface area (Å²) in [5.74, 6) is -9.81. The van der Waals surface area contributed by atoms with Crippen molar-refractivity contribution in [1.82, 2.24) is 0 Å². The Kier molecular flexibility index (Phi) is 5.97. The SMILES string of the molecule is CCC(F)(F)C(=O)OCC1CSC2(S1)C(OC(=O)C(C)(F)F)C1CCC2(C)C1(C)C. The van der Waals surface area contributed by atoms with Crippen molar-refractivity contribution in [1.29, 1.82) is 0 Å². The molecule has 1 aliphatic heterocycles. The van der Waals surface area contributed by atoms with Crippen LogP contribution in [0.4, 0.5) is 17.6 Å². The second-order valence-electron chi connectivity index (χ2n) is 9.29. The number of hydrogen-bond donors (Lipinski definition) is 0. The molecule has 1 heterocycles. The Hall–Kier alpha value is -0.640. The maximum absolute atomic E-state index is 13.6. The Morgan fingerprint density at radius 2 is 1.77 bits per heavy atom. The number of rotatable bonds is 6. The molecule has 172 valence electrons. The van der Waals surface area contributed by atoms with E-state index in [1.54, 1.807) is 0 Å². The zero-order valence-corrected chi connectivity index (χ0v) is 19.4. The van der Waals surface area contributed by atoms with E-state index in [0.29, 0.717) is 12.7 Å². The maximum Gasteiger partial charge on any atom is 0.377 e. The molecule has 3 aliphatic rings. The summed E-state index contributed by atoms with van der Waals surface area (Å²) in [4.78, 5) is 23.7. The van der Waals surface area contributed by atoms with E-state index >= 15 is 0 Å². The number of alkyl halides is 4. The van der Waals surface area contributed by atoms with Gasteiger partial charge in [0.05, 0.1) is 0 Å². The Labute approximate surface area is 182 Å². The Bertz CT molecular complexity index is 726. The number of hydrogen-bond acceptors (Lipinski definition) is 6. The van der Waals surface area contributed by atoms with Crippen LogP contribution in [0.1, 0.15) is 53.9 Å². The fourth-order valence-electron chi connectivity index (χ4n) is 5.12. The second-order valence-corrected chi connectivity index (χ2v) is 12.4. The Morgan fingerprint density at radius 3 is 2.33 bits per heavy atom. The molecule has 0 N–H and O–H groups in total. The van der Waals surface area contributed by atoms with Crippen molar-refractivity contribution in [3.8, 4) is 0 Å². The van der Waals surface area contributed by atoms with Crippen LogP contribution < -0.4 is 0 Å². The zero-order chi connectivity index (χ0) is 22.8. The fraction of sp³-hybridized carbons (Fsp3) is 0.900. The minimum Gasteiger partial charge on any atom is -0.460 e. The summed E-state index contributed by atoms with van der Waals surface area (Å²) in [6.45, 7) is 7.76. The van der Waals surface area contributed by atoms with Crippen molar-refractivity contribution < 1.29 is 36.6 Å². The average Bonchev–Trinajstić information content (AvgIpc) is 3.20. The summed E-state index contributed by atoms with van der Waals surface area (Å²) in [6.07, 6.45) is 0.251. The van der Waals surface area contributed by atoms with Crippen molar-refractivity contribution in [2.45, 2.75) is 81.2 Å². The molecule has 10 heteroatoms. The third-order valence-corrected chi connectivity index (χ3v) is 11.6. The highest BCUT2D eigenvalue weighted by molar-refractivity contribution is 8.21. The second kappa shape index (κ2) is 7.46. The standard InChI is InChI=1S/C20H28F4O4S2/c1-6-19(23,24)15(26)27-9-11-10-29-20(30-11)13(28-14(25)18(5,21)22)12-7-8-17(20,4)16(12,2)3/h11-13H,6-10H2,1-5H3. The normalized spacial score (nSPS) is 37.6. The van der Waals surface area contributed by atoms with Gasteiger partial charge in [0.15, 0.2) is 0 Å². The number of halogens is 4. The Balaban J connectivity index is 1.81. The third-order valence-electron chi connectivity index (χ3n) is 7.37. The van der Waals surface area contributed by atoms with Gasteiger partial charge in [0, 0.05) is 35.7 Å². The van der Waals surface area contributed by atoms with Gasteiger partial charge in [-0.2, -0.15) is 17.6 Å². The van der Waals surface area contributed by atoms with Crippen molar-refractivity contribution >= 4 is 35.5 Å². The van der Waals surface area contributed by atoms with Crippen LogP contribution in [0.15, 0.2) is 0 Å². The number of esters is 2. The first kappa shape index (κ1) is 24.0. The van der Waals surface area contributed by atoms with E-state index in [9.17, 15) is 27.2 Å². The van der Waals surface area contributed by atoms with Crippen LogP contribution in [0.5, 0.6) is 0 Å². The number of thioether (sulfide) groups is 2. The predicted molar refractivity (Wildman–Crippen MR) is 108 cm³/mol. The van der Waals surface area contributed by atoms with E-state index in [0.717, 1.165) is 12.8 Å². The lowest BCUT2D eigenvalue weighted by atomic mass is 9.70. The van der Waals surface area contributed by atoms with E-state index in [1.807, 2.05) is 0 Å². The van der Waals surface area contributed by atoms with Gasteiger partial charge in [0.1, 0.15) is 16.8 Å². The number of fused-ring (bicyclic) bond motifs is 3. The first-order chi connectivity index (χ1) is 13.6. The molecule has 2 aliphatic carbocycles. The quantitative estimate of drug-likeness (QED) is 0.394. The molecule has 0 amide bonds. The summed E-state index contributed by atoms with van der Waals surface area (Å²) in [6, 6.07) is 0. The first-order valence-electron chi connectivity index (χ1n) is 10.1. The van der Waals surface area contributed by atoms with Crippen molar-refractivity contribution in [3.05, 3.63) is 0 Å². The first-order valence-corrected chi connectivity index (χ1v) is 11.9. The molecule has 0 aromatic carbocycles. The lowest BCUT2D eigenvalue weighted by Gasteiger charge is -2.47. The van der Waals surface area contributed by atoms with E-state index in [4.69, 9.17) is 9.47 Å². The summed E-state index contributed by atoms with van der Waals surface area (Å²) in [5.41, 5.74) is -0.581. The molecule has 2 saturated carbocycles. The third kappa shape index (κ3) is 3.44. The molecule has 5 unspecified atom stereocenters. The minimum absolute atomic E-state index is 0.0838. The van der Waals surface area contributed by atoms with Crippen molar-refractivity contribution in [2.75, 3.05) is 12.4 Å². The van der Waals surface area contributed by atoms with Gasteiger partial charge < -0.3 is 9.47 Å². The summed E-state index contributed by atoms with van der Waals surface area (Å²) in [7, 11) is 0. The zero-order valence-electron chi connectivity index (χ0n) is 17.7. The highest BCUT2D eigenvalue weighted by atomic mass is 32.2. The van der Waals surface area contributed by atoms with Gasteiger partial charge in [0.2, 0.25) is 0 Å². The fourth-order valence-corrected chi connectivity index (χ4v) is 9.67. The molecule has 2 bridgehead atoms. The maximum atomic E-state index is 13.6. The van der Waals surface area contributed by atoms with Gasteiger partial charge in [-0.05, 0) is 18.3 Å². The predicted octanol–water partition coefficient (Wildman–Crippen LogP) is 5.14. The molecule has 4 nitrogen and oxygen atoms in total. The topological polar surface area (TPSA) is 52.6 Å². The average molecular weight is 473 g/mol. The van der Waals surface area contributed by atoms with Crippen LogP contribution in [0.3, 0.4) is 0 Å². The molecule has 5 atom stereocenters.